The van der Waals surface area contributed by atoms with Gasteiger partial charge in [0.1, 0.15) is 6.23 Å². The molecule has 0 aliphatic rings. The summed E-state index contributed by atoms with van der Waals surface area (Å²) < 4.78 is 13.4. The highest BCUT2D eigenvalue weighted by Crippen LogP contribution is 1.98. The van der Waals surface area contributed by atoms with E-state index in [0.29, 0.717) is 6.61 Å². The maximum absolute atomic E-state index is 8.70. The van der Waals surface area contributed by atoms with Gasteiger partial charge in [0.2, 0.25) is 0 Å². The number of aliphatic hydroxyl groups is 1. The third-order valence-corrected chi connectivity index (χ3v) is 0.472. The Hall–Kier alpha value is -0.100. The summed E-state index contributed by atoms with van der Waals surface area (Å²) in [5, 5.41) is 8.13. The first-order chi connectivity index (χ1) is 5.00. The van der Waals surface area contributed by atoms with E-state index in [4.69, 9.17) is 29.9 Å². The number of aliphatic hydroxyl groups excluding tert-OH is 1. The second-order valence-corrected chi connectivity index (χ2v) is 2.06. The second kappa shape index (κ2) is 9.90. The standard InChI is InChI=1S/C4H11NO2.HO3P/c1-4(5)7-3-2-6;1-4(2)3/h4,6H,2-3,5H2,1H3;(H-,1,2,3)/p+1. The molecule has 6 nitrogen and oxygen atoms in total. The van der Waals surface area contributed by atoms with Gasteiger partial charge in [-0.1, -0.05) is 0 Å². The molecular formula is C4H13NO5P+. The molecule has 5 N–H and O–H groups in total. The van der Waals surface area contributed by atoms with E-state index in [1.54, 1.807) is 6.92 Å². The van der Waals surface area contributed by atoms with E-state index in [-0.39, 0.29) is 12.8 Å². The van der Waals surface area contributed by atoms with E-state index in [1.807, 2.05) is 0 Å². The predicted molar refractivity (Wildman–Crippen MR) is 38.7 cm³/mol. The van der Waals surface area contributed by atoms with Crippen LogP contribution in [0.4, 0.5) is 0 Å². The lowest BCUT2D eigenvalue weighted by Crippen LogP contribution is -2.20. The van der Waals surface area contributed by atoms with Crippen molar-refractivity contribution in [2.75, 3.05) is 13.2 Å². The Morgan fingerprint density at radius 2 is 2.00 bits per heavy atom. The van der Waals surface area contributed by atoms with Crippen LogP contribution in [0, 0.1) is 0 Å². The highest BCUT2D eigenvalue weighted by molar-refractivity contribution is 7.30. The summed E-state index contributed by atoms with van der Waals surface area (Å²) in [5.74, 6) is 0. The van der Waals surface area contributed by atoms with Crippen LogP contribution in [0.1, 0.15) is 6.92 Å². The molecule has 11 heavy (non-hydrogen) atoms. The molecule has 0 saturated carbocycles. The van der Waals surface area contributed by atoms with E-state index in [0.717, 1.165) is 0 Å². The van der Waals surface area contributed by atoms with Crippen molar-refractivity contribution in [2.45, 2.75) is 13.2 Å². The number of rotatable bonds is 3. The normalized spacial score (nSPS) is 11.4. The van der Waals surface area contributed by atoms with Crippen molar-refractivity contribution in [3.63, 3.8) is 0 Å². The van der Waals surface area contributed by atoms with Gasteiger partial charge in [-0.3, -0.25) is 0 Å². The van der Waals surface area contributed by atoms with Gasteiger partial charge in [0, 0.05) is 4.57 Å². The van der Waals surface area contributed by atoms with Crippen molar-refractivity contribution in [3.8, 4) is 0 Å². The number of ether oxygens (including phenoxy) is 1. The third kappa shape index (κ3) is 40.6. The Morgan fingerprint density at radius 3 is 2.09 bits per heavy atom. The van der Waals surface area contributed by atoms with Gasteiger partial charge in [0.15, 0.2) is 0 Å². The zero-order chi connectivity index (χ0) is 9.28. The molecule has 0 bridgehead atoms. The largest absolute Gasteiger partial charge is 0.692 e. The van der Waals surface area contributed by atoms with Crippen LogP contribution in [0.15, 0.2) is 0 Å². The average molecular weight is 186 g/mol. The molecule has 0 saturated heterocycles. The molecule has 68 valence electrons. The van der Waals surface area contributed by atoms with Crippen LogP contribution in [-0.2, 0) is 9.30 Å². The first-order valence-electron chi connectivity index (χ1n) is 2.83. The molecule has 0 aromatic carbocycles. The Kier molecular flexibility index (Phi) is 12.1. The van der Waals surface area contributed by atoms with Crippen LogP contribution >= 0.6 is 8.25 Å². The van der Waals surface area contributed by atoms with Crippen molar-refractivity contribution in [2.24, 2.45) is 5.73 Å². The number of hydrogen-bond donors (Lipinski definition) is 4. The Bertz CT molecular complexity index is 94.5. The zero-order valence-electron chi connectivity index (χ0n) is 6.17. The van der Waals surface area contributed by atoms with Crippen molar-refractivity contribution in [3.05, 3.63) is 0 Å². The molecular weight excluding hydrogens is 173 g/mol. The molecule has 7 heteroatoms. The van der Waals surface area contributed by atoms with Gasteiger partial charge < -0.3 is 15.6 Å². The minimum atomic E-state index is -2.87. The van der Waals surface area contributed by atoms with Crippen molar-refractivity contribution in [1.82, 2.24) is 0 Å². The topological polar surface area (TPSA) is 113 Å². The van der Waals surface area contributed by atoms with Gasteiger partial charge in [-0.2, -0.15) is 0 Å². The van der Waals surface area contributed by atoms with Crippen LogP contribution in [0.2, 0.25) is 0 Å². The predicted octanol–water partition coefficient (Wildman–Crippen LogP) is -1.07. The molecule has 0 aliphatic carbocycles. The maximum Gasteiger partial charge on any atom is 0.692 e. The molecule has 0 aromatic rings. The van der Waals surface area contributed by atoms with Gasteiger partial charge >= 0.3 is 8.25 Å². The van der Waals surface area contributed by atoms with Gasteiger partial charge in [-0.15, -0.1) is 9.79 Å². The Labute approximate surface area is 65.6 Å². The number of nitrogens with two attached hydrogens (primary N) is 1. The average Bonchev–Trinajstić information content (AvgIpc) is 1.82. The van der Waals surface area contributed by atoms with Crippen LogP contribution in [0.3, 0.4) is 0 Å². The van der Waals surface area contributed by atoms with Crippen LogP contribution < -0.4 is 5.73 Å². The molecule has 0 rings (SSSR count). The summed E-state index contributed by atoms with van der Waals surface area (Å²) in [7, 11) is -2.87. The molecule has 1 unspecified atom stereocenters. The van der Waals surface area contributed by atoms with Crippen molar-refractivity contribution in [1.29, 1.82) is 0 Å². The highest BCUT2D eigenvalue weighted by Gasteiger charge is 1.93. The molecule has 1 atom stereocenters. The lowest BCUT2D eigenvalue weighted by molar-refractivity contribution is 0.0429. The molecule has 0 fully saturated rings. The number of hydrogen-bond acceptors (Lipinski definition) is 4. The minimum absolute atomic E-state index is 0.0432. The molecule has 0 radical (unpaired) electrons. The smallest absolute Gasteiger partial charge is 0.394 e. The molecule has 0 spiro atoms. The maximum atomic E-state index is 8.70. The summed E-state index contributed by atoms with van der Waals surface area (Å²) in [6.45, 7) is 2.09. The lowest BCUT2D eigenvalue weighted by atomic mass is 10.7. The van der Waals surface area contributed by atoms with Gasteiger partial charge in [0.25, 0.3) is 0 Å². The summed E-state index contributed by atoms with van der Waals surface area (Å²) in [6, 6.07) is 0. The highest BCUT2D eigenvalue weighted by atomic mass is 31.1. The van der Waals surface area contributed by atoms with E-state index < -0.39 is 8.25 Å². The second-order valence-electron chi connectivity index (χ2n) is 1.55. The zero-order valence-corrected chi connectivity index (χ0v) is 7.07. The van der Waals surface area contributed by atoms with E-state index in [1.165, 1.54) is 0 Å². The SMILES string of the molecule is CC(N)OCCO.O=[P+](O)O. The fraction of sp³-hybridized carbons (Fsp3) is 1.00. The van der Waals surface area contributed by atoms with Crippen LogP contribution in [0.25, 0.3) is 0 Å². The summed E-state index contributed by atoms with van der Waals surface area (Å²) in [4.78, 5) is 14.2. The van der Waals surface area contributed by atoms with Gasteiger partial charge in [-0.25, -0.2) is 0 Å². The fourth-order valence-corrected chi connectivity index (χ4v) is 0.239. The van der Waals surface area contributed by atoms with Gasteiger partial charge in [-0.05, 0) is 6.92 Å². The van der Waals surface area contributed by atoms with E-state index in [9.17, 15) is 0 Å². The fourth-order valence-electron chi connectivity index (χ4n) is 0.239. The molecule has 0 heterocycles. The summed E-state index contributed by atoms with van der Waals surface area (Å²) in [6.07, 6.45) is -0.257. The Morgan fingerprint density at radius 1 is 1.64 bits per heavy atom. The van der Waals surface area contributed by atoms with Crippen molar-refractivity contribution < 1.29 is 24.2 Å². The third-order valence-electron chi connectivity index (χ3n) is 0.472. The lowest BCUT2D eigenvalue weighted by Gasteiger charge is -2.02. The summed E-state index contributed by atoms with van der Waals surface area (Å²) >= 11 is 0. The molecule has 0 aliphatic heterocycles. The first-order valence-corrected chi connectivity index (χ1v) is 4.00. The minimum Gasteiger partial charge on any atom is -0.394 e. The van der Waals surface area contributed by atoms with Crippen molar-refractivity contribution >= 4 is 8.25 Å². The van der Waals surface area contributed by atoms with Gasteiger partial charge in [0.05, 0.1) is 13.2 Å². The molecule has 0 amide bonds. The van der Waals surface area contributed by atoms with E-state index >= 15 is 0 Å². The monoisotopic (exact) mass is 186 g/mol. The van der Waals surface area contributed by atoms with Crippen LogP contribution in [0.5, 0.6) is 0 Å². The van der Waals surface area contributed by atoms with Crippen LogP contribution in [-0.4, -0.2) is 34.3 Å². The van der Waals surface area contributed by atoms with E-state index in [2.05, 4.69) is 0 Å². The Balaban J connectivity index is 0. The summed E-state index contributed by atoms with van der Waals surface area (Å²) in [5.41, 5.74) is 5.15. The first kappa shape index (κ1) is 13.5. The molecule has 0 aromatic heterocycles. The quantitative estimate of drug-likeness (QED) is 0.329.